The van der Waals surface area contributed by atoms with Gasteiger partial charge in [-0.1, -0.05) is 52.7 Å². The smallest absolute Gasteiger partial charge is 0.139 e. The molecule has 2 atom stereocenters. The Kier molecular flexibility index (Phi) is 5.68. The monoisotopic (exact) mass is 367 g/mol. The fourth-order valence-corrected chi connectivity index (χ4v) is 2.72. The average molecular weight is 369 g/mol. The van der Waals surface area contributed by atoms with E-state index >= 15 is 0 Å². The van der Waals surface area contributed by atoms with E-state index in [2.05, 4.69) is 22.9 Å². The van der Waals surface area contributed by atoms with Gasteiger partial charge < -0.3 is 10.5 Å². The van der Waals surface area contributed by atoms with Crippen LogP contribution in [0.1, 0.15) is 30.6 Å². The molecule has 0 aliphatic carbocycles. The molecule has 0 saturated heterocycles. The number of hydrogen-bond donors (Lipinski definition) is 1. The van der Waals surface area contributed by atoms with Crippen LogP contribution >= 0.6 is 27.5 Å². The first-order chi connectivity index (χ1) is 10.0. The van der Waals surface area contributed by atoms with Crippen LogP contribution in [0.4, 0.5) is 0 Å². The second-order valence-electron chi connectivity index (χ2n) is 5.08. The van der Waals surface area contributed by atoms with Gasteiger partial charge in [0.15, 0.2) is 0 Å². The van der Waals surface area contributed by atoms with Crippen LogP contribution in [-0.4, -0.2) is 6.04 Å². The van der Waals surface area contributed by atoms with Crippen molar-refractivity contribution in [1.29, 1.82) is 0 Å². The predicted molar refractivity (Wildman–Crippen MR) is 92.0 cm³/mol. The lowest BCUT2D eigenvalue weighted by atomic mass is 10.0. The maximum Gasteiger partial charge on any atom is 0.139 e. The van der Waals surface area contributed by atoms with E-state index in [1.54, 1.807) is 0 Å². The van der Waals surface area contributed by atoms with Crippen molar-refractivity contribution in [2.45, 2.75) is 32.4 Å². The zero-order valence-corrected chi connectivity index (χ0v) is 14.5. The second kappa shape index (κ2) is 7.30. The Morgan fingerprint density at radius 2 is 2.00 bits per heavy atom. The lowest BCUT2D eigenvalue weighted by Gasteiger charge is -2.26. The first kappa shape index (κ1) is 16.3. The first-order valence-corrected chi connectivity index (χ1v) is 8.12. The van der Waals surface area contributed by atoms with Crippen LogP contribution in [-0.2, 0) is 0 Å². The van der Waals surface area contributed by atoms with Gasteiger partial charge >= 0.3 is 0 Å². The summed E-state index contributed by atoms with van der Waals surface area (Å²) in [5.41, 5.74) is 8.36. The summed E-state index contributed by atoms with van der Waals surface area (Å²) in [7, 11) is 0. The minimum atomic E-state index is -0.204. The van der Waals surface area contributed by atoms with Gasteiger partial charge in [-0.2, -0.15) is 0 Å². The number of nitrogens with two attached hydrogens (primary N) is 1. The third-order valence-corrected chi connectivity index (χ3v) is 4.17. The molecule has 2 rings (SSSR count). The van der Waals surface area contributed by atoms with E-state index in [0.29, 0.717) is 5.02 Å². The zero-order valence-electron chi connectivity index (χ0n) is 12.1. The quantitative estimate of drug-likeness (QED) is 0.780. The molecule has 2 unspecified atom stereocenters. The number of hydrogen-bond acceptors (Lipinski definition) is 2. The number of halogens is 2. The maximum atomic E-state index is 6.26. The molecule has 0 aromatic heterocycles. The molecule has 112 valence electrons. The molecule has 0 spiro atoms. The van der Waals surface area contributed by atoms with Gasteiger partial charge in [0.25, 0.3) is 0 Å². The Hall–Kier alpha value is -1.03. The molecular formula is C17H19BrClNO. The molecule has 21 heavy (non-hydrogen) atoms. The van der Waals surface area contributed by atoms with Crippen LogP contribution in [0, 0.1) is 6.92 Å². The van der Waals surface area contributed by atoms with Crippen LogP contribution in [0.25, 0.3) is 0 Å². The van der Waals surface area contributed by atoms with Gasteiger partial charge in [-0.05, 0) is 48.7 Å². The molecule has 0 amide bonds. The molecular weight excluding hydrogens is 350 g/mol. The van der Waals surface area contributed by atoms with Gasteiger partial charge in [0.2, 0.25) is 0 Å². The summed E-state index contributed by atoms with van der Waals surface area (Å²) in [6, 6.07) is 13.6. The molecule has 0 aliphatic heterocycles. The van der Waals surface area contributed by atoms with E-state index in [-0.39, 0.29) is 12.1 Å². The summed E-state index contributed by atoms with van der Waals surface area (Å²) in [5.74, 6) is 0.774. The van der Waals surface area contributed by atoms with Crippen LogP contribution in [0.5, 0.6) is 5.75 Å². The number of rotatable bonds is 5. The van der Waals surface area contributed by atoms with E-state index in [4.69, 9.17) is 22.1 Å². The lowest BCUT2D eigenvalue weighted by Crippen LogP contribution is -2.31. The van der Waals surface area contributed by atoms with Gasteiger partial charge in [-0.15, -0.1) is 0 Å². The molecule has 0 saturated carbocycles. The standard InChI is InChI=1S/C17H19BrClNO/c1-3-15(20)17(12-5-4-6-13(18)9-12)21-16-10-14(19)8-7-11(16)2/h4-10,15,17H,3,20H2,1-2H3. The van der Waals surface area contributed by atoms with Crippen LogP contribution in [0.15, 0.2) is 46.9 Å². The van der Waals surface area contributed by atoms with Crippen molar-refractivity contribution >= 4 is 27.5 Å². The predicted octanol–water partition coefficient (Wildman–Crippen LogP) is 5.27. The largest absolute Gasteiger partial charge is 0.484 e. The second-order valence-corrected chi connectivity index (χ2v) is 6.43. The third kappa shape index (κ3) is 4.22. The van der Waals surface area contributed by atoms with E-state index in [9.17, 15) is 0 Å². The highest BCUT2D eigenvalue weighted by molar-refractivity contribution is 9.10. The van der Waals surface area contributed by atoms with Crippen molar-refractivity contribution in [3.8, 4) is 5.75 Å². The molecule has 2 aromatic rings. The molecule has 0 fully saturated rings. The van der Waals surface area contributed by atoms with Crippen molar-refractivity contribution in [2.75, 3.05) is 0 Å². The zero-order chi connectivity index (χ0) is 15.4. The van der Waals surface area contributed by atoms with Crippen molar-refractivity contribution < 1.29 is 4.74 Å². The highest BCUT2D eigenvalue weighted by Gasteiger charge is 2.21. The van der Waals surface area contributed by atoms with Crippen molar-refractivity contribution in [2.24, 2.45) is 5.73 Å². The molecule has 0 heterocycles. The SMILES string of the molecule is CCC(N)C(Oc1cc(Cl)ccc1C)c1cccc(Br)c1. The Bertz CT molecular complexity index is 617. The Morgan fingerprint density at radius 3 is 2.67 bits per heavy atom. The minimum absolute atomic E-state index is 0.0855. The first-order valence-electron chi connectivity index (χ1n) is 6.95. The lowest BCUT2D eigenvalue weighted by molar-refractivity contribution is 0.170. The number of ether oxygens (including phenoxy) is 1. The van der Waals surface area contributed by atoms with Gasteiger partial charge in [0.05, 0.1) is 0 Å². The maximum absolute atomic E-state index is 6.26. The highest BCUT2D eigenvalue weighted by Crippen LogP contribution is 2.31. The summed E-state index contributed by atoms with van der Waals surface area (Å²) in [4.78, 5) is 0. The Morgan fingerprint density at radius 1 is 1.24 bits per heavy atom. The molecule has 0 bridgehead atoms. The van der Waals surface area contributed by atoms with E-state index in [1.807, 2.05) is 49.4 Å². The normalized spacial score (nSPS) is 13.8. The molecule has 2 nitrogen and oxygen atoms in total. The number of benzene rings is 2. The van der Waals surface area contributed by atoms with Gasteiger partial charge in [-0.3, -0.25) is 0 Å². The van der Waals surface area contributed by atoms with Crippen molar-refractivity contribution in [3.63, 3.8) is 0 Å². The molecule has 0 aliphatic rings. The van der Waals surface area contributed by atoms with Gasteiger partial charge in [0.1, 0.15) is 11.9 Å². The highest BCUT2D eigenvalue weighted by atomic mass is 79.9. The fourth-order valence-electron chi connectivity index (χ4n) is 2.14. The summed E-state index contributed by atoms with van der Waals surface area (Å²) in [5, 5.41) is 0.661. The summed E-state index contributed by atoms with van der Waals surface area (Å²) >= 11 is 9.56. The van der Waals surface area contributed by atoms with Crippen LogP contribution in [0.3, 0.4) is 0 Å². The topological polar surface area (TPSA) is 35.2 Å². The fraction of sp³-hybridized carbons (Fsp3) is 0.294. The molecule has 2 N–H and O–H groups in total. The Balaban J connectivity index is 2.35. The van der Waals surface area contributed by atoms with Crippen LogP contribution < -0.4 is 10.5 Å². The van der Waals surface area contributed by atoms with Gasteiger partial charge in [-0.25, -0.2) is 0 Å². The van der Waals surface area contributed by atoms with E-state index in [0.717, 1.165) is 27.8 Å². The summed E-state index contributed by atoms with van der Waals surface area (Å²) in [6.07, 6.45) is 0.626. The third-order valence-electron chi connectivity index (χ3n) is 3.44. The van der Waals surface area contributed by atoms with Crippen LogP contribution in [0.2, 0.25) is 5.02 Å². The summed E-state index contributed by atoms with van der Waals surface area (Å²) < 4.78 is 7.20. The minimum Gasteiger partial charge on any atom is -0.484 e. The van der Waals surface area contributed by atoms with Gasteiger partial charge in [0, 0.05) is 15.5 Å². The van der Waals surface area contributed by atoms with Crippen molar-refractivity contribution in [1.82, 2.24) is 0 Å². The molecule has 2 aromatic carbocycles. The summed E-state index contributed by atoms with van der Waals surface area (Å²) in [6.45, 7) is 4.06. The number of aryl methyl sites for hydroxylation is 1. The Labute approximate surface area is 139 Å². The van der Waals surface area contributed by atoms with E-state index < -0.39 is 0 Å². The molecule has 0 radical (unpaired) electrons. The van der Waals surface area contributed by atoms with E-state index in [1.165, 1.54) is 0 Å². The average Bonchev–Trinajstić information content (AvgIpc) is 2.47. The van der Waals surface area contributed by atoms with Crippen molar-refractivity contribution in [3.05, 3.63) is 63.1 Å². The molecule has 4 heteroatoms.